The van der Waals surface area contributed by atoms with Crippen LogP contribution in [0.4, 0.5) is 0 Å². The fraction of sp³-hybridized carbons (Fsp3) is 0. The second-order valence-electron chi connectivity index (χ2n) is 4.26. The summed E-state index contributed by atoms with van der Waals surface area (Å²) in [6, 6.07) is 19.0. The Bertz CT molecular complexity index is 783. The van der Waals surface area contributed by atoms with E-state index in [1.807, 2.05) is 60.7 Å². The van der Waals surface area contributed by atoms with Crippen LogP contribution in [0.2, 0.25) is 0 Å². The second-order valence-corrected chi connectivity index (χ2v) is 4.26. The molecule has 0 unspecified atom stereocenters. The summed E-state index contributed by atoms with van der Waals surface area (Å²) in [5, 5.41) is 0.939. The van der Waals surface area contributed by atoms with Gasteiger partial charge in [-0.05, 0) is 17.2 Å². The first-order valence-corrected chi connectivity index (χ1v) is 6.09. The molecular weight excluding hydrogens is 236 g/mol. The van der Waals surface area contributed by atoms with E-state index in [4.69, 9.17) is 4.42 Å². The molecule has 0 spiro atoms. The van der Waals surface area contributed by atoms with Crippen molar-refractivity contribution in [1.82, 2.24) is 0 Å². The third-order valence-corrected chi connectivity index (χ3v) is 2.94. The predicted molar refractivity (Wildman–Crippen MR) is 77.9 cm³/mol. The summed E-state index contributed by atoms with van der Waals surface area (Å²) < 4.78 is 5.16. The van der Waals surface area contributed by atoms with Gasteiger partial charge in [0.2, 0.25) is 0 Å². The van der Waals surface area contributed by atoms with Crippen molar-refractivity contribution in [3.05, 3.63) is 82.2 Å². The highest BCUT2D eigenvalue weighted by Gasteiger charge is 2.01. The standard InChI is InChI=1S/C17H12O2/c18-17-12-14(11-10-13-6-2-1-3-7-13)15-8-4-5-9-16(15)19-17/h1-12H. The molecule has 1 heterocycles. The van der Waals surface area contributed by atoms with Gasteiger partial charge in [-0.25, -0.2) is 4.79 Å². The molecule has 0 bridgehead atoms. The monoisotopic (exact) mass is 248 g/mol. The fourth-order valence-electron chi connectivity index (χ4n) is 2.02. The van der Waals surface area contributed by atoms with Gasteiger partial charge in [0.1, 0.15) is 5.58 Å². The van der Waals surface area contributed by atoms with Crippen molar-refractivity contribution in [1.29, 1.82) is 0 Å². The van der Waals surface area contributed by atoms with Crippen molar-refractivity contribution in [3.63, 3.8) is 0 Å². The zero-order chi connectivity index (χ0) is 13.1. The number of fused-ring (bicyclic) bond motifs is 1. The molecule has 0 N–H and O–H groups in total. The fourth-order valence-corrected chi connectivity index (χ4v) is 2.02. The topological polar surface area (TPSA) is 30.2 Å². The van der Waals surface area contributed by atoms with E-state index >= 15 is 0 Å². The highest BCUT2D eigenvalue weighted by molar-refractivity contribution is 5.89. The summed E-state index contributed by atoms with van der Waals surface area (Å²) in [5.74, 6) is 0. The second kappa shape index (κ2) is 4.94. The Morgan fingerprint density at radius 2 is 1.58 bits per heavy atom. The normalized spacial score (nSPS) is 11.2. The molecule has 19 heavy (non-hydrogen) atoms. The number of benzene rings is 2. The summed E-state index contributed by atoms with van der Waals surface area (Å²) in [7, 11) is 0. The highest BCUT2D eigenvalue weighted by atomic mass is 16.4. The molecule has 2 nitrogen and oxygen atoms in total. The summed E-state index contributed by atoms with van der Waals surface area (Å²) >= 11 is 0. The van der Waals surface area contributed by atoms with E-state index < -0.39 is 0 Å². The van der Waals surface area contributed by atoms with E-state index in [9.17, 15) is 4.79 Å². The van der Waals surface area contributed by atoms with Gasteiger partial charge >= 0.3 is 5.63 Å². The largest absolute Gasteiger partial charge is 0.423 e. The van der Waals surface area contributed by atoms with Crippen LogP contribution >= 0.6 is 0 Å². The lowest BCUT2D eigenvalue weighted by Crippen LogP contribution is -1.97. The van der Waals surface area contributed by atoms with E-state index in [0.717, 1.165) is 16.5 Å². The quantitative estimate of drug-likeness (QED) is 0.642. The van der Waals surface area contributed by atoms with Crippen LogP contribution in [0, 0.1) is 0 Å². The van der Waals surface area contributed by atoms with Gasteiger partial charge in [0.15, 0.2) is 0 Å². The first-order valence-electron chi connectivity index (χ1n) is 6.09. The molecule has 0 aliphatic heterocycles. The van der Waals surface area contributed by atoms with Gasteiger partial charge in [-0.3, -0.25) is 0 Å². The van der Waals surface area contributed by atoms with Crippen molar-refractivity contribution in [3.8, 4) is 0 Å². The van der Waals surface area contributed by atoms with E-state index in [2.05, 4.69) is 0 Å². The van der Waals surface area contributed by atoms with Crippen molar-refractivity contribution >= 4 is 23.1 Å². The number of rotatable bonds is 2. The lowest BCUT2D eigenvalue weighted by molar-refractivity contribution is 0.560. The molecule has 0 amide bonds. The minimum Gasteiger partial charge on any atom is -0.423 e. The van der Waals surface area contributed by atoms with Gasteiger partial charge in [0.05, 0.1) is 0 Å². The molecule has 0 radical (unpaired) electrons. The van der Waals surface area contributed by atoms with Crippen LogP contribution in [-0.4, -0.2) is 0 Å². The van der Waals surface area contributed by atoms with Gasteiger partial charge in [-0.1, -0.05) is 60.7 Å². The number of hydrogen-bond donors (Lipinski definition) is 0. The molecule has 0 saturated carbocycles. The number of hydrogen-bond acceptors (Lipinski definition) is 2. The van der Waals surface area contributed by atoms with Crippen LogP contribution in [0.3, 0.4) is 0 Å². The molecule has 1 aromatic heterocycles. The summed E-state index contributed by atoms with van der Waals surface area (Å²) in [6.07, 6.45) is 3.93. The van der Waals surface area contributed by atoms with Gasteiger partial charge in [0.25, 0.3) is 0 Å². The smallest absolute Gasteiger partial charge is 0.336 e. The molecule has 2 aromatic carbocycles. The first kappa shape index (κ1) is 11.5. The molecule has 0 aliphatic rings. The molecule has 3 aromatic rings. The van der Waals surface area contributed by atoms with Gasteiger partial charge in [0, 0.05) is 11.5 Å². The van der Waals surface area contributed by atoms with Crippen molar-refractivity contribution in [2.24, 2.45) is 0 Å². The summed E-state index contributed by atoms with van der Waals surface area (Å²) in [5.41, 5.74) is 2.25. The Kier molecular flexibility index (Phi) is 2.99. The molecule has 3 rings (SSSR count). The Morgan fingerprint density at radius 1 is 0.842 bits per heavy atom. The predicted octanol–water partition coefficient (Wildman–Crippen LogP) is 3.96. The van der Waals surface area contributed by atoms with Crippen molar-refractivity contribution in [2.75, 3.05) is 0 Å². The van der Waals surface area contributed by atoms with Gasteiger partial charge in [-0.2, -0.15) is 0 Å². The van der Waals surface area contributed by atoms with E-state index in [1.54, 1.807) is 6.07 Å². The summed E-state index contributed by atoms with van der Waals surface area (Å²) in [6.45, 7) is 0. The average Bonchev–Trinajstić information content (AvgIpc) is 2.45. The zero-order valence-electron chi connectivity index (χ0n) is 10.2. The number of para-hydroxylation sites is 1. The molecule has 2 heteroatoms. The first-order chi connectivity index (χ1) is 9.33. The maximum atomic E-state index is 11.5. The van der Waals surface area contributed by atoms with Crippen LogP contribution in [0.15, 0.2) is 69.9 Å². The Morgan fingerprint density at radius 3 is 2.42 bits per heavy atom. The van der Waals surface area contributed by atoms with Crippen LogP contribution in [-0.2, 0) is 0 Å². The van der Waals surface area contributed by atoms with Crippen LogP contribution in [0.25, 0.3) is 23.1 Å². The van der Waals surface area contributed by atoms with E-state index in [-0.39, 0.29) is 5.63 Å². The Balaban J connectivity index is 2.10. The minimum absolute atomic E-state index is 0.327. The Labute approximate surface area is 110 Å². The lowest BCUT2D eigenvalue weighted by atomic mass is 10.1. The van der Waals surface area contributed by atoms with Gasteiger partial charge in [-0.15, -0.1) is 0 Å². The molecule has 92 valence electrons. The SMILES string of the molecule is O=c1cc(C=Cc2ccccc2)c2ccccc2o1. The van der Waals surface area contributed by atoms with Crippen LogP contribution in [0.1, 0.15) is 11.1 Å². The molecule has 0 aliphatic carbocycles. The molecule has 0 atom stereocenters. The van der Waals surface area contributed by atoms with Crippen molar-refractivity contribution < 1.29 is 4.42 Å². The lowest BCUT2D eigenvalue weighted by Gasteiger charge is -2.00. The maximum absolute atomic E-state index is 11.5. The third-order valence-electron chi connectivity index (χ3n) is 2.94. The van der Waals surface area contributed by atoms with Crippen LogP contribution in [0.5, 0.6) is 0 Å². The molecular formula is C17H12O2. The zero-order valence-corrected chi connectivity index (χ0v) is 10.2. The summed E-state index contributed by atoms with van der Waals surface area (Å²) in [4.78, 5) is 11.5. The van der Waals surface area contributed by atoms with Gasteiger partial charge < -0.3 is 4.42 Å². The van der Waals surface area contributed by atoms with E-state index in [1.165, 1.54) is 6.07 Å². The van der Waals surface area contributed by atoms with E-state index in [0.29, 0.717) is 5.58 Å². The van der Waals surface area contributed by atoms with Crippen LogP contribution < -0.4 is 5.63 Å². The Hall–Kier alpha value is -2.61. The maximum Gasteiger partial charge on any atom is 0.336 e. The average molecular weight is 248 g/mol. The van der Waals surface area contributed by atoms with Crippen molar-refractivity contribution in [2.45, 2.75) is 0 Å². The molecule has 0 saturated heterocycles. The third kappa shape index (κ3) is 2.47. The highest BCUT2D eigenvalue weighted by Crippen LogP contribution is 2.18. The molecule has 0 fully saturated rings. The minimum atomic E-state index is -0.327.